The molecule has 0 bridgehead atoms. The molecular formula is C23H30NO3P. The molecule has 0 saturated heterocycles. The molecule has 0 saturated carbocycles. The maximum Gasteiger partial charge on any atom is 0.357 e. The average molecular weight is 399 g/mol. The lowest BCUT2D eigenvalue weighted by atomic mass is 9.98. The minimum Gasteiger partial charge on any atom is -0.326 e. The van der Waals surface area contributed by atoms with Crippen molar-refractivity contribution in [3.63, 3.8) is 0 Å². The Balaban J connectivity index is 2.21. The van der Waals surface area contributed by atoms with Gasteiger partial charge in [-0.3, -0.25) is 4.57 Å². The third-order valence-electron chi connectivity index (χ3n) is 4.89. The van der Waals surface area contributed by atoms with Crippen LogP contribution in [0.1, 0.15) is 56.9 Å². The van der Waals surface area contributed by atoms with E-state index in [0.717, 1.165) is 41.8 Å². The van der Waals surface area contributed by atoms with E-state index in [2.05, 4.69) is 36.1 Å². The van der Waals surface area contributed by atoms with Crippen molar-refractivity contribution in [3.8, 4) is 0 Å². The highest BCUT2D eigenvalue weighted by atomic mass is 31.2. The summed E-state index contributed by atoms with van der Waals surface area (Å²) in [7, 11) is -3.43. The van der Waals surface area contributed by atoms with Gasteiger partial charge in [-0.25, -0.2) is 0 Å². The summed E-state index contributed by atoms with van der Waals surface area (Å²) in [4.78, 5) is 2.17. The highest BCUT2D eigenvalue weighted by Gasteiger charge is 2.45. The summed E-state index contributed by atoms with van der Waals surface area (Å²) >= 11 is 0. The summed E-state index contributed by atoms with van der Waals surface area (Å²) in [5, 5.41) is 0. The predicted octanol–water partition coefficient (Wildman–Crippen LogP) is 7.00. The second-order valence-corrected chi connectivity index (χ2v) is 8.91. The third kappa shape index (κ3) is 4.25. The SMILES string of the molecule is CCCCC1=Cc2ccccc2C(P(=O)(OCC)OCC)N1c1ccccc1. The van der Waals surface area contributed by atoms with Crippen LogP contribution < -0.4 is 4.90 Å². The molecule has 0 amide bonds. The molecule has 1 aliphatic heterocycles. The van der Waals surface area contributed by atoms with Gasteiger partial charge in [-0.05, 0) is 56.0 Å². The monoisotopic (exact) mass is 399 g/mol. The Labute approximate surface area is 168 Å². The number of unbranched alkanes of at least 4 members (excludes halogenated alkanes) is 1. The van der Waals surface area contributed by atoms with E-state index in [0.29, 0.717) is 13.2 Å². The molecule has 3 rings (SSSR count). The van der Waals surface area contributed by atoms with Gasteiger partial charge < -0.3 is 13.9 Å². The van der Waals surface area contributed by atoms with Crippen LogP contribution in [0.3, 0.4) is 0 Å². The van der Waals surface area contributed by atoms with Crippen molar-refractivity contribution in [3.05, 3.63) is 71.4 Å². The molecule has 0 aliphatic carbocycles. The quantitative estimate of drug-likeness (QED) is 0.425. The first-order valence-corrected chi connectivity index (χ1v) is 11.8. The lowest BCUT2D eigenvalue weighted by Crippen LogP contribution is -2.32. The van der Waals surface area contributed by atoms with Crippen LogP contribution in [-0.2, 0) is 13.6 Å². The predicted molar refractivity (Wildman–Crippen MR) is 116 cm³/mol. The molecule has 28 heavy (non-hydrogen) atoms. The molecule has 1 heterocycles. The second-order valence-electron chi connectivity index (χ2n) is 6.82. The molecule has 0 fully saturated rings. The molecule has 4 nitrogen and oxygen atoms in total. The van der Waals surface area contributed by atoms with Crippen LogP contribution in [0.4, 0.5) is 5.69 Å². The van der Waals surface area contributed by atoms with E-state index in [-0.39, 0.29) is 0 Å². The Morgan fingerprint density at radius 3 is 2.21 bits per heavy atom. The molecule has 1 unspecified atom stereocenters. The minimum absolute atomic E-state index is 0.340. The zero-order valence-corrected chi connectivity index (χ0v) is 17.9. The van der Waals surface area contributed by atoms with Crippen molar-refractivity contribution in [2.24, 2.45) is 0 Å². The van der Waals surface area contributed by atoms with Crippen LogP contribution >= 0.6 is 7.60 Å². The molecular weight excluding hydrogens is 369 g/mol. The van der Waals surface area contributed by atoms with Crippen LogP contribution in [0, 0.1) is 0 Å². The van der Waals surface area contributed by atoms with Gasteiger partial charge in [0.1, 0.15) is 0 Å². The fourth-order valence-electron chi connectivity index (χ4n) is 3.72. The number of nitrogens with zero attached hydrogens (tertiary/aromatic N) is 1. The number of allylic oxidation sites excluding steroid dienone is 1. The van der Waals surface area contributed by atoms with Gasteiger partial charge in [0.2, 0.25) is 0 Å². The number of anilines is 1. The molecule has 150 valence electrons. The molecule has 1 aliphatic rings. The Hall–Kier alpha value is -1.87. The van der Waals surface area contributed by atoms with Crippen molar-refractivity contribution >= 4 is 19.4 Å². The van der Waals surface area contributed by atoms with E-state index >= 15 is 0 Å². The van der Waals surface area contributed by atoms with Gasteiger partial charge in [0, 0.05) is 11.4 Å². The first kappa shape index (κ1) is 20.9. The summed E-state index contributed by atoms with van der Waals surface area (Å²) in [6.45, 7) is 6.59. The molecule has 5 heteroatoms. The average Bonchev–Trinajstić information content (AvgIpc) is 2.72. The first-order valence-electron chi connectivity index (χ1n) is 10.2. The molecule has 0 aromatic heterocycles. The Morgan fingerprint density at radius 2 is 1.57 bits per heavy atom. The van der Waals surface area contributed by atoms with Gasteiger partial charge in [-0.15, -0.1) is 0 Å². The van der Waals surface area contributed by atoms with Gasteiger partial charge in [-0.2, -0.15) is 0 Å². The van der Waals surface area contributed by atoms with E-state index in [1.165, 1.54) is 0 Å². The molecule has 2 aromatic rings. The highest BCUT2D eigenvalue weighted by Crippen LogP contribution is 2.65. The standard InChI is InChI=1S/C23H30NO3P/c1-4-7-14-21-18-19-13-11-12-17-22(19)23(28(25,26-5-2)27-6-3)24(21)20-15-9-8-10-16-20/h8-13,15-18,23H,4-7,14H2,1-3H3. The summed E-state index contributed by atoms with van der Waals surface area (Å²) < 4.78 is 25.7. The van der Waals surface area contributed by atoms with E-state index < -0.39 is 13.4 Å². The van der Waals surface area contributed by atoms with E-state index in [1.54, 1.807) is 0 Å². The maximum absolute atomic E-state index is 14.0. The van der Waals surface area contributed by atoms with Crippen LogP contribution in [0.25, 0.3) is 6.08 Å². The van der Waals surface area contributed by atoms with Crippen molar-refractivity contribution in [2.75, 3.05) is 18.1 Å². The number of para-hydroxylation sites is 1. The van der Waals surface area contributed by atoms with Gasteiger partial charge in [0.25, 0.3) is 0 Å². The smallest absolute Gasteiger partial charge is 0.326 e. The first-order chi connectivity index (χ1) is 13.6. The van der Waals surface area contributed by atoms with E-state index in [9.17, 15) is 4.57 Å². The summed E-state index contributed by atoms with van der Waals surface area (Å²) in [6, 6.07) is 18.3. The minimum atomic E-state index is -3.43. The summed E-state index contributed by atoms with van der Waals surface area (Å²) in [5.74, 6) is -0.497. The fourth-order valence-corrected chi connectivity index (χ4v) is 5.94. The van der Waals surface area contributed by atoms with Gasteiger partial charge in [0.15, 0.2) is 5.78 Å². The summed E-state index contributed by atoms with van der Waals surface area (Å²) in [6.07, 6.45) is 5.30. The number of fused-ring (bicyclic) bond motifs is 1. The van der Waals surface area contributed by atoms with E-state index in [1.807, 2.05) is 50.2 Å². The maximum atomic E-state index is 14.0. The number of hydrogen-bond acceptors (Lipinski definition) is 4. The molecule has 1 atom stereocenters. The number of hydrogen-bond donors (Lipinski definition) is 0. The normalized spacial score (nSPS) is 16.6. The van der Waals surface area contributed by atoms with Gasteiger partial charge in [0.05, 0.1) is 13.2 Å². The lowest BCUT2D eigenvalue weighted by Gasteiger charge is -2.42. The van der Waals surface area contributed by atoms with Crippen LogP contribution in [-0.4, -0.2) is 13.2 Å². The molecule has 0 N–H and O–H groups in total. The Bertz CT molecular complexity index is 840. The number of benzene rings is 2. The Morgan fingerprint density at radius 1 is 0.929 bits per heavy atom. The summed E-state index contributed by atoms with van der Waals surface area (Å²) in [5.41, 5.74) is 4.22. The lowest BCUT2D eigenvalue weighted by molar-refractivity contribution is 0.211. The van der Waals surface area contributed by atoms with Gasteiger partial charge in [-0.1, -0.05) is 55.8 Å². The topological polar surface area (TPSA) is 38.8 Å². The zero-order chi connectivity index (χ0) is 20.0. The highest BCUT2D eigenvalue weighted by molar-refractivity contribution is 7.54. The van der Waals surface area contributed by atoms with Crippen molar-refractivity contribution in [2.45, 2.75) is 45.8 Å². The number of rotatable bonds is 9. The third-order valence-corrected chi connectivity index (χ3v) is 7.23. The zero-order valence-electron chi connectivity index (χ0n) is 17.0. The van der Waals surface area contributed by atoms with Gasteiger partial charge >= 0.3 is 7.60 Å². The van der Waals surface area contributed by atoms with Crippen LogP contribution in [0.5, 0.6) is 0 Å². The van der Waals surface area contributed by atoms with Crippen LogP contribution in [0.15, 0.2) is 60.3 Å². The molecule has 0 radical (unpaired) electrons. The van der Waals surface area contributed by atoms with Crippen molar-refractivity contribution in [1.82, 2.24) is 0 Å². The van der Waals surface area contributed by atoms with Crippen molar-refractivity contribution < 1.29 is 13.6 Å². The van der Waals surface area contributed by atoms with Crippen LogP contribution in [0.2, 0.25) is 0 Å². The molecule has 2 aromatic carbocycles. The fraction of sp³-hybridized carbons (Fsp3) is 0.391. The molecule has 0 spiro atoms. The Kier molecular flexibility index (Phi) is 7.12. The van der Waals surface area contributed by atoms with E-state index in [4.69, 9.17) is 9.05 Å². The second kappa shape index (κ2) is 9.56. The largest absolute Gasteiger partial charge is 0.357 e. The van der Waals surface area contributed by atoms with Crippen molar-refractivity contribution in [1.29, 1.82) is 0 Å².